The Morgan fingerprint density at radius 2 is 1.94 bits per heavy atom. The minimum Gasteiger partial charge on any atom is -0.481 e. The maximum atomic E-state index is 11.6. The third kappa shape index (κ3) is 4.06. The molecule has 0 heterocycles. The zero-order valence-electron chi connectivity index (χ0n) is 9.87. The number of hydrogen-bond donors (Lipinski definition) is 3. The lowest BCUT2D eigenvalue weighted by molar-refractivity contribution is -0.144. The van der Waals surface area contributed by atoms with E-state index in [2.05, 4.69) is 5.32 Å². The lowest BCUT2D eigenvalue weighted by Gasteiger charge is -2.17. The van der Waals surface area contributed by atoms with E-state index in [1.54, 1.807) is 24.3 Å². The van der Waals surface area contributed by atoms with Gasteiger partial charge in [0.25, 0.3) is 5.91 Å². The summed E-state index contributed by atoms with van der Waals surface area (Å²) in [5, 5.41) is 19.6. The van der Waals surface area contributed by atoms with Gasteiger partial charge in [-0.3, -0.25) is 4.79 Å². The molecular weight excluding hydrogens is 238 g/mol. The number of benzene rings is 1. The molecule has 0 saturated heterocycles. The van der Waals surface area contributed by atoms with Crippen molar-refractivity contribution in [3.8, 4) is 5.75 Å². The zero-order valence-corrected chi connectivity index (χ0v) is 9.87. The minimum atomic E-state index is -1.32. The molecule has 1 aromatic carbocycles. The zero-order chi connectivity index (χ0) is 13.5. The number of ether oxygens (including phenoxy) is 1. The number of carboxylic acids is 1. The highest BCUT2D eigenvalue weighted by molar-refractivity contribution is 5.86. The van der Waals surface area contributed by atoms with Gasteiger partial charge in [0, 0.05) is 0 Å². The van der Waals surface area contributed by atoms with Gasteiger partial charge in [0.1, 0.15) is 11.8 Å². The van der Waals surface area contributed by atoms with E-state index in [1.807, 2.05) is 6.07 Å². The first-order valence-corrected chi connectivity index (χ1v) is 5.40. The van der Waals surface area contributed by atoms with E-state index in [-0.39, 0.29) is 0 Å². The molecule has 0 aliphatic rings. The van der Waals surface area contributed by atoms with E-state index in [1.165, 1.54) is 6.92 Å². The van der Waals surface area contributed by atoms with Crippen molar-refractivity contribution in [2.24, 2.45) is 0 Å². The Morgan fingerprint density at radius 1 is 1.33 bits per heavy atom. The summed E-state index contributed by atoms with van der Waals surface area (Å²) in [6.45, 7) is 0.831. The van der Waals surface area contributed by atoms with Crippen molar-refractivity contribution in [2.45, 2.75) is 19.1 Å². The molecule has 3 N–H and O–H groups in total. The van der Waals surface area contributed by atoms with Gasteiger partial charge in [0.05, 0.1) is 6.61 Å². The number of carbonyl (C=O) groups excluding carboxylic acids is 1. The molecule has 0 aliphatic heterocycles. The summed E-state index contributed by atoms with van der Waals surface area (Å²) in [4.78, 5) is 22.2. The highest BCUT2D eigenvalue weighted by Gasteiger charge is 2.22. The summed E-state index contributed by atoms with van der Waals surface area (Å²) >= 11 is 0. The largest absolute Gasteiger partial charge is 0.481 e. The number of aliphatic hydroxyl groups is 1. The van der Waals surface area contributed by atoms with Gasteiger partial charge in [-0.1, -0.05) is 18.2 Å². The average Bonchev–Trinajstić information content (AvgIpc) is 2.36. The molecule has 98 valence electrons. The quantitative estimate of drug-likeness (QED) is 0.664. The van der Waals surface area contributed by atoms with Crippen LogP contribution in [0.5, 0.6) is 5.75 Å². The van der Waals surface area contributed by atoms with Crippen LogP contribution in [0, 0.1) is 0 Å². The van der Waals surface area contributed by atoms with Crippen molar-refractivity contribution in [1.29, 1.82) is 0 Å². The summed E-state index contributed by atoms with van der Waals surface area (Å²) in [6.07, 6.45) is -0.846. The smallest absolute Gasteiger partial charge is 0.328 e. The van der Waals surface area contributed by atoms with Crippen molar-refractivity contribution in [3.63, 3.8) is 0 Å². The number of carbonyl (C=O) groups is 2. The van der Waals surface area contributed by atoms with E-state index < -0.39 is 30.6 Å². The monoisotopic (exact) mass is 253 g/mol. The number of amides is 1. The van der Waals surface area contributed by atoms with Gasteiger partial charge in [0.2, 0.25) is 0 Å². The fourth-order valence-corrected chi connectivity index (χ4v) is 1.23. The first kappa shape index (κ1) is 14.0. The number of carboxylic acid groups (broad SMARTS) is 1. The van der Waals surface area contributed by atoms with Gasteiger partial charge in [0.15, 0.2) is 6.10 Å². The summed E-state index contributed by atoms with van der Waals surface area (Å²) in [5.74, 6) is -1.38. The van der Waals surface area contributed by atoms with Crippen LogP contribution >= 0.6 is 0 Å². The third-order valence-corrected chi connectivity index (χ3v) is 2.22. The van der Waals surface area contributed by atoms with Crippen molar-refractivity contribution >= 4 is 11.9 Å². The van der Waals surface area contributed by atoms with Crippen LogP contribution in [0.15, 0.2) is 30.3 Å². The van der Waals surface area contributed by atoms with Crippen LogP contribution in [0.1, 0.15) is 6.92 Å². The predicted octanol–water partition coefficient (Wildman–Crippen LogP) is 0.0156. The third-order valence-electron chi connectivity index (χ3n) is 2.22. The molecule has 6 nitrogen and oxygen atoms in total. The molecule has 2 atom stereocenters. The molecule has 6 heteroatoms. The van der Waals surface area contributed by atoms with E-state index in [0.29, 0.717) is 5.75 Å². The van der Waals surface area contributed by atoms with Gasteiger partial charge >= 0.3 is 5.97 Å². The van der Waals surface area contributed by atoms with Crippen LogP contribution in [0.3, 0.4) is 0 Å². The summed E-state index contributed by atoms with van der Waals surface area (Å²) in [6, 6.07) is 7.37. The Kier molecular flexibility index (Phi) is 5.13. The van der Waals surface area contributed by atoms with Gasteiger partial charge < -0.3 is 20.3 Å². The molecule has 18 heavy (non-hydrogen) atoms. The maximum Gasteiger partial charge on any atom is 0.328 e. The molecule has 0 spiro atoms. The van der Waals surface area contributed by atoms with Crippen molar-refractivity contribution in [1.82, 2.24) is 5.32 Å². The molecule has 0 aromatic heterocycles. The molecule has 1 amide bonds. The average molecular weight is 253 g/mol. The van der Waals surface area contributed by atoms with Crippen molar-refractivity contribution < 1.29 is 24.5 Å². The van der Waals surface area contributed by atoms with E-state index in [9.17, 15) is 9.59 Å². The standard InChI is InChI=1S/C12H15NO5/c1-8(18-9-5-3-2-4-6-9)11(15)13-10(7-14)12(16)17/h2-6,8,10,14H,7H2,1H3,(H,13,15)(H,16,17)/t8?,10-/m1/s1. The van der Waals surface area contributed by atoms with Crippen LogP contribution in [-0.2, 0) is 9.59 Å². The highest BCUT2D eigenvalue weighted by Crippen LogP contribution is 2.10. The Morgan fingerprint density at radius 3 is 2.44 bits per heavy atom. The summed E-state index contributed by atoms with van der Waals surface area (Å²) < 4.78 is 5.31. The van der Waals surface area contributed by atoms with Gasteiger partial charge in [-0.05, 0) is 19.1 Å². The van der Waals surface area contributed by atoms with Gasteiger partial charge in [-0.2, -0.15) is 0 Å². The van der Waals surface area contributed by atoms with Crippen LogP contribution in [0.25, 0.3) is 0 Å². The molecule has 0 fully saturated rings. The molecule has 0 radical (unpaired) electrons. The van der Waals surface area contributed by atoms with Gasteiger partial charge in [-0.25, -0.2) is 4.79 Å². The molecular formula is C12H15NO5. The first-order chi connectivity index (χ1) is 8.54. The Balaban J connectivity index is 2.54. The highest BCUT2D eigenvalue weighted by atomic mass is 16.5. The van der Waals surface area contributed by atoms with E-state index in [0.717, 1.165) is 0 Å². The van der Waals surface area contributed by atoms with Crippen molar-refractivity contribution in [3.05, 3.63) is 30.3 Å². The second kappa shape index (κ2) is 6.61. The SMILES string of the molecule is CC(Oc1ccccc1)C(=O)N[C@H](CO)C(=O)O. The van der Waals surface area contributed by atoms with Crippen LogP contribution in [0.4, 0.5) is 0 Å². The Labute approximate surface area is 104 Å². The molecule has 1 unspecified atom stereocenters. The summed E-state index contributed by atoms with van der Waals surface area (Å²) in [7, 11) is 0. The number of para-hydroxylation sites is 1. The minimum absolute atomic E-state index is 0.510. The number of rotatable bonds is 6. The molecule has 0 saturated carbocycles. The van der Waals surface area contributed by atoms with Crippen LogP contribution in [0.2, 0.25) is 0 Å². The fourth-order valence-electron chi connectivity index (χ4n) is 1.23. The maximum absolute atomic E-state index is 11.6. The van der Waals surface area contributed by atoms with E-state index >= 15 is 0 Å². The van der Waals surface area contributed by atoms with Crippen LogP contribution in [-0.4, -0.2) is 40.8 Å². The molecule has 1 rings (SSSR count). The Bertz CT molecular complexity index is 406. The number of nitrogens with one attached hydrogen (secondary N) is 1. The number of aliphatic hydroxyl groups excluding tert-OH is 1. The predicted molar refractivity (Wildman–Crippen MR) is 63.2 cm³/mol. The normalized spacial score (nSPS) is 13.4. The number of hydrogen-bond acceptors (Lipinski definition) is 4. The molecule has 0 aliphatic carbocycles. The van der Waals surface area contributed by atoms with Crippen molar-refractivity contribution in [2.75, 3.05) is 6.61 Å². The Hall–Kier alpha value is -2.08. The van der Waals surface area contributed by atoms with E-state index in [4.69, 9.17) is 14.9 Å². The lowest BCUT2D eigenvalue weighted by Crippen LogP contribution is -2.48. The second-order valence-corrected chi connectivity index (χ2v) is 3.66. The fraction of sp³-hybridized carbons (Fsp3) is 0.333. The molecule has 0 bridgehead atoms. The number of aliphatic carboxylic acids is 1. The summed E-state index contributed by atoms with van der Waals surface area (Å²) in [5.41, 5.74) is 0. The topological polar surface area (TPSA) is 95.9 Å². The van der Waals surface area contributed by atoms with Gasteiger partial charge in [-0.15, -0.1) is 0 Å². The van der Waals surface area contributed by atoms with Crippen LogP contribution < -0.4 is 10.1 Å². The lowest BCUT2D eigenvalue weighted by atomic mass is 10.2. The second-order valence-electron chi connectivity index (χ2n) is 3.66. The first-order valence-electron chi connectivity index (χ1n) is 5.40. The molecule has 1 aromatic rings.